The minimum absolute atomic E-state index is 0.151. The van der Waals surface area contributed by atoms with Crippen LogP contribution < -0.4 is 10.6 Å². The van der Waals surface area contributed by atoms with Crippen LogP contribution in [0, 0.1) is 6.92 Å². The number of nitrogens with zero attached hydrogens (tertiary/aromatic N) is 2. The number of hydrogen-bond donors (Lipinski definition) is 2. The number of aromatic nitrogens is 2. The summed E-state index contributed by atoms with van der Waals surface area (Å²) in [6, 6.07) is 1.82. The molecular formula is C11H18N4O2S. The van der Waals surface area contributed by atoms with Gasteiger partial charge >= 0.3 is 0 Å². The number of sulfone groups is 1. The molecule has 100 valence electrons. The van der Waals surface area contributed by atoms with E-state index in [2.05, 4.69) is 20.6 Å². The molecule has 0 amide bonds. The molecule has 1 fully saturated rings. The monoisotopic (exact) mass is 270 g/mol. The second-order valence-electron chi connectivity index (χ2n) is 5.00. The molecule has 0 aliphatic carbocycles. The van der Waals surface area contributed by atoms with Crippen LogP contribution in [0.1, 0.15) is 19.0 Å². The Kier molecular flexibility index (Phi) is 3.18. The van der Waals surface area contributed by atoms with Crippen LogP contribution in [0.3, 0.4) is 0 Å². The summed E-state index contributed by atoms with van der Waals surface area (Å²) in [6.07, 6.45) is 0.604. The van der Waals surface area contributed by atoms with E-state index in [1.54, 1.807) is 7.05 Å². The van der Waals surface area contributed by atoms with Crippen molar-refractivity contribution < 1.29 is 8.42 Å². The van der Waals surface area contributed by atoms with E-state index in [0.29, 0.717) is 18.2 Å². The number of nitrogens with one attached hydrogen (secondary N) is 2. The first-order valence-corrected chi connectivity index (χ1v) is 7.66. The third-order valence-corrected chi connectivity index (χ3v) is 4.91. The maximum absolute atomic E-state index is 11.5. The van der Waals surface area contributed by atoms with Crippen LogP contribution in [0.5, 0.6) is 0 Å². The van der Waals surface area contributed by atoms with E-state index in [-0.39, 0.29) is 11.5 Å². The van der Waals surface area contributed by atoms with Gasteiger partial charge in [-0.3, -0.25) is 0 Å². The average Bonchev–Trinajstić information content (AvgIpc) is 2.51. The number of anilines is 2. The molecule has 0 aromatic carbocycles. The van der Waals surface area contributed by atoms with Crippen molar-refractivity contribution in [3.05, 3.63) is 11.8 Å². The first-order valence-electron chi connectivity index (χ1n) is 5.84. The molecule has 0 spiro atoms. The zero-order valence-corrected chi connectivity index (χ0v) is 11.6. The Hall–Kier alpha value is -1.37. The van der Waals surface area contributed by atoms with E-state index in [1.165, 1.54) is 0 Å². The minimum atomic E-state index is -2.92. The molecule has 2 N–H and O–H groups in total. The average molecular weight is 270 g/mol. The summed E-state index contributed by atoms with van der Waals surface area (Å²) in [4.78, 5) is 8.48. The molecule has 2 rings (SSSR count). The van der Waals surface area contributed by atoms with Crippen LogP contribution in [0.4, 0.5) is 11.8 Å². The highest BCUT2D eigenvalue weighted by molar-refractivity contribution is 7.91. The standard InChI is InChI=1S/C11H18N4O2S/c1-8-6-9(14-10(12-3)13-8)15-11(2)4-5-18(16,17)7-11/h6H,4-5,7H2,1-3H3,(H2,12,13,14,15). The lowest BCUT2D eigenvalue weighted by molar-refractivity contribution is 0.572. The van der Waals surface area contributed by atoms with Gasteiger partial charge in [0.1, 0.15) is 5.82 Å². The summed E-state index contributed by atoms with van der Waals surface area (Å²) in [6.45, 7) is 3.79. The van der Waals surface area contributed by atoms with E-state index in [0.717, 1.165) is 5.69 Å². The highest BCUT2D eigenvalue weighted by Crippen LogP contribution is 2.27. The zero-order valence-electron chi connectivity index (χ0n) is 10.8. The smallest absolute Gasteiger partial charge is 0.224 e. The van der Waals surface area contributed by atoms with Crippen molar-refractivity contribution in [3.8, 4) is 0 Å². The predicted octanol–water partition coefficient (Wildman–Crippen LogP) is 0.816. The quantitative estimate of drug-likeness (QED) is 0.846. The summed E-state index contributed by atoms with van der Waals surface area (Å²) < 4.78 is 23.1. The second-order valence-corrected chi connectivity index (χ2v) is 7.18. The van der Waals surface area contributed by atoms with Gasteiger partial charge in [0.05, 0.1) is 17.0 Å². The van der Waals surface area contributed by atoms with Gasteiger partial charge in [0.25, 0.3) is 0 Å². The first-order chi connectivity index (χ1) is 8.32. The highest BCUT2D eigenvalue weighted by atomic mass is 32.2. The van der Waals surface area contributed by atoms with Crippen LogP contribution in [-0.4, -0.2) is 42.5 Å². The molecule has 1 aromatic rings. The van der Waals surface area contributed by atoms with Crippen molar-refractivity contribution in [2.24, 2.45) is 0 Å². The molecule has 0 saturated carbocycles. The molecule has 1 aliphatic rings. The Morgan fingerprint density at radius 3 is 2.67 bits per heavy atom. The van der Waals surface area contributed by atoms with Gasteiger partial charge in [0.15, 0.2) is 9.84 Å². The molecule has 1 saturated heterocycles. The van der Waals surface area contributed by atoms with E-state index in [4.69, 9.17) is 0 Å². The van der Waals surface area contributed by atoms with Gasteiger partial charge < -0.3 is 10.6 Å². The van der Waals surface area contributed by atoms with Gasteiger partial charge in [-0.25, -0.2) is 13.4 Å². The van der Waals surface area contributed by atoms with E-state index >= 15 is 0 Å². The first kappa shape index (κ1) is 13.1. The van der Waals surface area contributed by atoms with E-state index in [9.17, 15) is 8.42 Å². The molecule has 2 heterocycles. The Balaban J connectivity index is 2.22. The molecule has 6 nitrogen and oxygen atoms in total. The van der Waals surface area contributed by atoms with E-state index in [1.807, 2.05) is 19.9 Å². The van der Waals surface area contributed by atoms with Crippen LogP contribution in [0.15, 0.2) is 6.07 Å². The lowest BCUT2D eigenvalue weighted by atomic mass is 10.0. The van der Waals surface area contributed by atoms with Gasteiger partial charge in [-0.1, -0.05) is 0 Å². The minimum Gasteiger partial charge on any atom is -0.364 e. The topological polar surface area (TPSA) is 84.0 Å². The predicted molar refractivity (Wildman–Crippen MR) is 71.6 cm³/mol. The lowest BCUT2D eigenvalue weighted by Gasteiger charge is -2.24. The van der Waals surface area contributed by atoms with Gasteiger partial charge in [0.2, 0.25) is 5.95 Å². The highest BCUT2D eigenvalue weighted by Gasteiger charge is 2.38. The third kappa shape index (κ3) is 2.90. The van der Waals surface area contributed by atoms with Gasteiger partial charge in [-0.05, 0) is 20.3 Å². The third-order valence-electron chi connectivity index (χ3n) is 3.01. The summed E-state index contributed by atoms with van der Waals surface area (Å²) in [5.41, 5.74) is 0.395. The van der Waals surface area contributed by atoms with Crippen molar-refractivity contribution in [3.63, 3.8) is 0 Å². The largest absolute Gasteiger partial charge is 0.364 e. The van der Waals surface area contributed by atoms with Gasteiger partial charge in [-0.2, -0.15) is 4.98 Å². The second kappa shape index (κ2) is 4.38. The van der Waals surface area contributed by atoms with Crippen LogP contribution >= 0.6 is 0 Å². The Morgan fingerprint density at radius 2 is 2.11 bits per heavy atom. The molecule has 18 heavy (non-hydrogen) atoms. The number of rotatable bonds is 3. The van der Waals surface area contributed by atoms with Crippen LogP contribution in [-0.2, 0) is 9.84 Å². The summed E-state index contributed by atoms with van der Waals surface area (Å²) >= 11 is 0. The van der Waals surface area contributed by atoms with Gasteiger partial charge in [0, 0.05) is 18.8 Å². The summed E-state index contributed by atoms with van der Waals surface area (Å²) in [7, 11) is -1.17. The molecule has 7 heteroatoms. The number of hydrogen-bond acceptors (Lipinski definition) is 6. The van der Waals surface area contributed by atoms with Crippen molar-refractivity contribution in [2.45, 2.75) is 25.8 Å². The van der Waals surface area contributed by atoms with Gasteiger partial charge in [-0.15, -0.1) is 0 Å². The van der Waals surface area contributed by atoms with Crippen LogP contribution in [0.25, 0.3) is 0 Å². The Bertz CT molecular complexity index is 558. The molecule has 0 radical (unpaired) electrons. The molecule has 1 aromatic heterocycles. The van der Waals surface area contributed by atoms with Crippen LogP contribution in [0.2, 0.25) is 0 Å². The van der Waals surface area contributed by atoms with Crippen molar-refractivity contribution >= 4 is 21.6 Å². The molecule has 1 unspecified atom stereocenters. The maximum atomic E-state index is 11.5. The Morgan fingerprint density at radius 1 is 1.39 bits per heavy atom. The fourth-order valence-electron chi connectivity index (χ4n) is 2.16. The van der Waals surface area contributed by atoms with Crippen molar-refractivity contribution in [2.75, 3.05) is 29.2 Å². The Labute approximate surface area is 107 Å². The SMILES string of the molecule is CNc1nc(C)cc(NC2(C)CCS(=O)(=O)C2)n1. The summed E-state index contributed by atoms with van der Waals surface area (Å²) in [5.74, 6) is 1.57. The molecule has 0 bridgehead atoms. The maximum Gasteiger partial charge on any atom is 0.224 e. The van der Waals surface area contributed by atoms with E-state index < -0.39 is 15.4 Å². The van der Waals surface area contributed by atoms with Crippen molar-refractivity contribution in [1.82, 2.24) is 9.97 Å². The molecule has 1 atom stereocenters. The number of aryl methyl sites for hydroxylation is 1. The lowest BCUT2D eigenvalue weighted by Crippen LogP contribution is -2.36. The fraction of sp³-hybridized carbons (Fsp3) is 0.636. The summed E-state index contributed by atoms with van der Waals surface area (Å²) in [5, 5.41) is 6.10. The fourth-order valence-corrected chi connectivity index (χ4v) is 4.26. The zero-order chi connectivity index (χ0) is 13.4. The normalized spacial score (nSPS) is 25.9. The molecular weight excluding hydrogens is 252 g/mol. The van der Waals surface area contributed by atoms with Crippen molar-refractivity contribution in [1.29, 1.82) is 0 Å². The molecule has 1 aliphatic heterocycles.